The molecule has 1 saturated carbocycles. The van der Waals surface area contributed by atoms with Crippen molar-refractivity contribution in [2.75, 3.05) is 27.9 Å². The van der Waals surface area contributed by atoms with Gasteiger partial charge in [0.2, 0.25) is 0 Å². The number of carbonyl (C=O) groups is 5. The quantitative estimate of drug-likeness (QED) is 0.0197. The van der Waals surface area contributed by atoms with E-state index in [1.54, 1.807) is 20.1 Å². The van der Waals surface area contributed by atoms with Crippen LogP contribution in [0.5, 0.6) is 0 Å². The van der Waals surface area contributed by atoms with Gasteiger partial charge in [-0.1, -0.05) is 82.6 Å². The molecule has 0 aromatic rings. The van der Waals surface area contributed by atoms with E-state index in [1.165, 1.54) is 12.7 Å². The van der Waals surface area contributed by atoms with E-state index in [0.29, 0.717) is 55.9 Å². The largest absolute Gasteiger partial charge is 0.480 e. The standard InChI is InChI=1S/C49H77NO12.CH4O/c1-31(18-12-10-14-21-42-49(59,62-42)46(55)47(56)50-26-16-15-20-38(50)48(57)58)17-11-9-13-19-32(2)27-35(5)43(53)45(61-8)44(54)36(6)29-34(4)39(51)24-22-33(3)28-37-23-25-40(52)41(30-37)60-7;1-2/h9,11,13,17,19,29,32-35,37-38,40-42,44-45,52,54,59H,10,12,14-16,18,20-28,30H2,1-8H3,(H,57,58);2H,1H3/b11-9+,19-13+,31-17+,36-29+;/t32-,33+,34-,35?,37?,38?,40?,41?,42?,44?,45+,49?;/m1./s1. The second kappa shape index (κ2) is 28.6. The SMILES string of the molecule is CO.COC1CC(C[C@@H](C)CCC(=O)[C@H](C)/C=C(\C)C(O)[C@@H](OC)C(=O)C(C)C[C@H](C)/C=C/C=C/C=C(\C)CCCCCC2OC2(O)C(=O)C(=O)N2CCCCC2C(=O)O)CCC1O. The first-order valence-corrected chi connectivity index (χ1v) is 23.4. The minimum absolute atomic E-state index is 0.0917. The Morgan fingerprint density at radius 1 is 0.922 bits per heavy atom. The summed E-state index contributed by atoms with van der Waals surface area (Å²) in [5, 5.41) is 48.3. The van der Waals surface area contributed by atoms with Crippen LogP contribution >= 0.6 is 0 Å². The van der Waals surface area contributed by atoms with Gasteiger partial charge in [0.15, 0.2) is 5.78 Å². The molecule has 1 amide bonds. The van der Waals surface area contributed by atoms with E-state index in [0.717, 1.165) is 63.4 Å². The summed E-state index contributed by atoms with van der Waals surface area (Å²) in [6.07, 6.45) is 18.8. The van der Waals surface area contributed by atoms with Crippen molar-refractivity contribution >= 4 is 29.2 Å². The summed E-state index contributed by atoms with van der Waals surface area (Å²) in [5.41, 5.74) is 1.72. The Morgan fingerprint density at radius 2 is 1.62 bits per heavy atom. The molecular weight excluding hydrogens is 823 g/mol. The number of nitrogens with zero attached hydrogens (tertiary/aromatic N) is 1. The second-order valence-corrected chi connectivity index (χ2v) is 18.5. The van der Waals surface area contributed by atoms with Gasteiger partial charge in [-0.15, -0.1) is 0 Å². The van der Waals surface area contributed by atoms with Crippen LogP contribution in [0.25, 0.3) is 0 Å². The highest BCUT2D eigenvalue weighted by Crippen LogP contribution is 2.39. The number of unbranched alkanes of at least 4 members (excludes halogenated alkanes) is 2. The molecule has 1 aliphatic carbocycles. The number of ketones is 3. The maximum Gasteiger partial charge on any atom is 0.326 e. The van der Waals surface area contributed by atoms with Gasteiger partial charge >= 0.3 is 5.97 Å². The number of rotatable bonds is 27. The van der Waals surface area contributed by atoms with Gasteiger partial charge < -0.3 is 44.6 Å². The van der Waals surface area contributed by atoms with Crippen LogP contribution in [0, 0.1) is 29.6 Å². The first kappa shape index (κ1) is 56.8. The fourth-order valence-electron chi connectivity index (χ4n) is 9.11. The van der Waals surface area contributed by atoms with Gasteiger partial charge in [-0.05, 0) is 114 Å². The number of carboxylic acids is 1. The fourth-order valence-corrected chi connectivity index (χ4v) is 9.11. The molecule has 5 N–H and O–H groups in total. The number of epoxide rings is 1. The molecule has 2 saturated heterocycles. The summed E-state index contributed by atoms with van der Waals surface area (Å²) < 4.78 is 16.2. The summed E-state index contributed by atoms with van der Waals surface area (Å²) in [4.78, 5) is 64.5. The Bertz CT molecular complexity index is 1620. The molecule has 0 spiro atoms. The Labute approximate surface area is 382 Å². The molecule has 2 heterocycles. The zero-order valence-corrected chi connectivity index (χ0v) is 40.1. The van der Waals surface area contributed by atoms with Crippen molar-refractivity contribution in [3.63, 3.8) is 0 Å². The number of aliphatic hydroxyl groups is 4. The summed E-state index contributed by atoms with van der Waals surface area (Å²) in [6, 6.07) is -1.06. The highest BCUT2D eigenvalue weighted by molar-refractivity contribution is 6.39. The van der Waals surface area contributed by atoms with Crippen molar-refractivity contribution < 1.29 is 63.7 Å². The lowest BCUT2D eigenvalue weighted by atomic mass is 9.79. The molecule has 364 valence electrons. The Hall–Kier alpha value is -3.37. The lowest BCUT2D eigenvalue weighted by Crippen LogP contribution is -2.53. The third-order valence-corrected chi connectivity index (χ3v) is 13.2. The fraction of sp³-hybridized carbons (Fsp3) is 0.740. The number of allylic oxidation sites excluding steroid dienone is 7. The number of hydrogen-bond donors (Lipinski definition) is 5. The number of carbonyl (C=O) groups excluding carboxylic acids is 4. The molecule has 0 aromatic heterocycles. The number of hydrogen-bond acceptors (Lipinski definition) is 12. The van der Waals surface area contributed by atoms with Crippen LogP contribution in [0.2, 0.25) is 0 Å². The van der Waals surface area contributed by atoms with Gasteiger partial charge in [-0.2, -0.15) is 0 Å². The predicted molar refractivity (Wildman–Crippen MR) is 245 cm³/mol. The number of methoxy groups -OCH3 is 2. The van der Waals surface area contributed by atoms with Crippen LogP contribution in [0.4, 0.5) is 0 Å². The summed E-state index contributed by atoms with van der Waals surface area (Å²) >= 11 is 0. The highest BCUT2D eigenvalue weighted by Gasteiger charge is 2.64. The van der Waals surface area contributed by atoms with Crippen LogP contribution in [0.15, 0.2) is 47.6 Å². The third kappa shape index (κ3) is 17.8. The summed E-state index contributed by atoms with van der Waals surface area (Å²) in [7, 11) is 4.06. The van der Waals surface area contributed by atoms with Crippen LogP contribution in [0.3, 0.4) is 0 Å². The monoisotopic (exact) mass is 904 g/mol. The molecule has 0 bridgehead atoms. The minimum Gasteiger partial charge on any atom is -0.480 e. The number of carboxylic acid groups (broad SMARTS) is 1. The van der Waals surface area contributed by atoms with Crippen molar-refractivity contribution in [3.8, 4) is 0 Å². The zero-order chi connectivity index (χ0) is 48.1. The highest BCUT2D eigenvalue weighted by atomic mass is 16.7. The number of aliphatic hydroxyl groups excluding tert-OH is 3. The minimum atomic E-state index is -2.16. The first-order valence-electron chi connectivity index (χ1n) is 23.4. The average molecular weight is 904 g/mol. The van der Waals surface area contributed by atoms with Crippen molar-refractivity contribution in [2.45, 2.75) is 180 Å². The molecule has 14 heteroatoms. The number of amides is 1. The lowest BCUT2D eigenvalue weighted by molar-refractivity contribution is -0.161. The molecule has 12 atom stereocenters. The predicted octanol–water partition coefficient (Wildman–Crippen LogP) is 6.47. The van der Waals surface area contributed by atoms with Gasteiger partial charge in [0.1, 0.15) is 30.1 Å². The van der Waals surface area contributed by atoms with E-state index < -0.39 is 59.8 Å². The van der Waals surface area contributed by atoms with Gasteiger partial charge in [0.25, 0.3) is 17.5 Å². The molecule has 3 rings (SSSR count). The number of likely N-dealkylation sites (tertiary alicyclic amines) is 1. The van der Waals surface area contributed by atoms with Gasteiger partial charge in [-0.3, -0.25) is 19.2 Å². The molecule has 2 aliphatic heterocycles. The molecule has 14 nitrogen and oxygen atoms in total. The third-order valence-electron chi connectivity index (χ3n) is 13.2. The van der Waals surface area contributed by atoms with Crippen molar-refractivity contribution in [1.82, 2.24) is 4.90 Å². The van der Waals surface area contributed by atoms with Gasteiger partial charge in [0.05, 0.1) is 12.2 Å². The van der Waals surface area contributed by atoms with Gasteiger partial charge in [-0.25, -0.2) is 4.79 Å². The topological polar surface area (TPSA) is 221 Å². The van der Waals surface area contributed by atoms with E-state index in [4.69, 9.17) is 19.3 Å². The molecule has 0 aromatic carbocycles. The van der Waals surface area contributed by atoms with Gasteiger partial charge in [0, 0.05) is 46.1 Å². The Kier molecular flexibility index (Phi) is 25.4. The van der Waals surface area contributed by atoms with E-state index in [2.05, 4.69) is 6.92 Å². The van der Waals surface area contributed by atoms with E-state index in [1.807, 2.05) is 58.1 Å². The molecule has 8 unspecified atom stereocenters. The van der Waals surface area contributed by atoms with Crippen molar-refractivity contribution in [1.29, 1.82) is 0 Å². The van der Waals surface area contributed by atoms with E-state index in [-0.39, 0.29) is 42.5 Å². The van der Waals surface area contributed by atoms with Crippen LogP contribution in [-0.2, 0) is 38.2 Å². The second-order valence-electron chi connectivity index (χ2n) is 18.5. The Morgan fingerprint density at radius 3 is 2.28 bits per heavy atom. The van der Waals surface area contributed by atoms with Crippen LogP contribution < -0.4 is 0 Å². The van der Waals surface area contributed by atoms with Crippen LogP contribution in [0.1, 0.15) is 138 Å². The van der Waals surface area contributed by atoms with E-state index >= 15 is 0 Å². The van der Waals surface area contributed by atoms with Crippen molar-refractivity contribution in [3.05, 3.63) is 47.6 Å². The zero-order valence-electron chi connectivity index (χ0n) is 40.1. The normalized spacial score (nSPS) is 27.0. The molecule has 3 fully saturated rings. The van der Waals surface area contributed by atoms with Crippen LogP contribution in [-0.4, -0.2) is 130 Å². The van der Waals surface area contributed by atoms with Crippen molar-refractivity contribution in [2.24, 2.45) is 29.6 Å². The number of Topliss-reactive ketones (excluding diaryl/α,β-unsaturated/α-hetero) is 3. The molecule has 0 radical (unpaired) electrons. The molecular formula is C50H81NO13. The number of piperidine rings is 1. The number of ether oxygens (including phenoxy) is 3. The lowest BCUT2D eigenvalue weighted by Gasteiger charge is -2.33. The Balaban J connectivity index is 0.00000694. The summed E-state index contributed by atoms with van der Waals surface area (Å²) in [6.45, 7) is 11.8. The molecule has 3 aliphatic rings. The molecule has 64 heavy (non-hydrogen) atoms. The smallest absolute Gasteiger partial charge is 0.326 e. The average Bonchev–Trinajstić information content (AvgIpc) is 3.95. The first-order chi connectivity index (χ1) is 30.3. The number of aliphatic carboxylic acids is 1. The maximum atomic E-state index is 13.4. The maximum absolute atomic E-state index is 13.4. The summed E-state index contributed by atoms with van der Waals surface area (Å²) in [5.74, 6) is -5.32. The van der Waals surface area contributed by atoms with E-state index in [9.17, 15) is 44.4 Å².